The average molecular weight is 331 g/mol. The Bertz CT molecular complexity index is 580. The molecule has 3 rings (SSSR count). The number of hydrogen-bond acceptors (Lipinski definition) is 3. The van der Waals surface area contributed by atoms with Crippen LogP contribution >= 0.6 is 0 Å². The van der Waals surface area contributed by atoms with Gasteiger partial charge in [-0.05, 0) is 36.7 Å². The maximum absolute atomic E-state index is 12.4. The van der Waals surface area contributed by atoms with Crippen molar-refractivity contribution in [3.63, 3.8) is 0 Å². The molecule has 2 fully saturated rings. The van der Waals surface area contributed by atoms with E-state index in [0.29, 0.717) is 13.0 Å². The van der Waals surface area contributed by atoms with E-state index >= 15 is 0 Å². The highest BCUT2D eigenvalue weighted by atomic mass is 16.6. The van der Waals surface area contributed by atoms with Crippen LogP contribution in [0, 0.1) is 5.41 Å². The zero-order valence-corrected chi connectivity index (χ0v) is 13.9. The van der Waals surface area contributed by atoms with Crippen LogP contribution in [-0.4, -0.2) is 34.7 Å². The van der Waals surface area contributed by atoms with Crippen LogP contribution in [0.5, 0.6) is 0 Å². The number of carboxylic acids is 1. The molecule has 1 heterocycles. The fraction of sp³-hybridized carbons (Fsp3) is 0.579. The summed E-state index contributed by atoms with van der Waals surface area (Å²) in [6.07, 6.45) is 6.68. The van der Waals surface area contributed by atoms with Crippen molar-refractivity contribution in [3.05, 3.63) is 35.9 Å². The van der Waals surface area contributed by atoms with Gasteiger partial charge < -0.3 is 9.84 Å². The minimum atomic E-state index is -0.920. The van der Waals surface area contributed by atoms with E-state index in [4.69, 9.17) is 4.74 Å². The van der Waals surface area contributed by atoms with Crippen molar-refractivity contribution < 1.29 is 19.4 Å². The molecule has 1 saturated heterocycles. The van der Waals surface area contributed by atoms with Crippen LogP contribution < -0.4 is 0 Å². The van der Waals surface area contributed by atoms with Gasteiger partial charge >= 0.3 is 12.1 Å². The first kappa shape index (κ1) is 16.8. The van der Waals surface area contributed by atoms with E-state index in [1.165, 1.54) is 24.2 Å². The number of piperidine rings is 1. The zero-order valence-electron chi connectivity index (χ0n) is 13.9. The fourth-order valence-electron chi connectivity index (χ4n) is 4.13. The predicted octanol–water partition coefficient (Wildman–Crippen LogP) is 3.82. The Kier molecular flexibility index (Phi) is 5.07. The lowest BCUT2D eigenvalue weighted by Gasteiger charge is -2.46. The van der Waals surface area contributed by atoms with E-state index in [1.807, 2.05) is 30.3 Å². The normalized spacial score (nSPS) is 23.0. The molecule has 0 bridgehead atoms. The number of carbonyl (C=O) groups is 2. The molecule has 0 aromatic heterocycles. The van der Waals surface area contributed by atoms with E-state index in [-0.39, 0.29) is 12.0 Å². The lowest BCUT2D eigenvalue weighted by Crippen LogP contribution is -2.53. The lowest BCUT2D eigenvalue weighted by atomic mass is 9.66. The lowest BCUT2D eigenvalue weighted by molar-refractivity contribution is -0.146. The molecule has 1 atom stereocenters. The molecule has 1 aliphatic heterocycles. The molecule has 1 N–H and O–H groups in total. The van der Waals surface area contributed by atoms with Gasteiger partial charge in [0, 0.05) is 6.54 Å². The Morgan fingerprint density at radius 3 is 2.50 bits per heavy atom. The second kappa shape index (κ2) is 7.24. The van der Waals surface area contributed by atoms with Gasteiger partial charge in [-0.25, -0.2) is 9.59 Å². The number of nitrogens with zero attached hydrogens (tertiary/aromatic N) is 1. The highest BCUT2D eigenvalue weighted by Crippen LogP contribution is 2.46. The van der Waals surface area contributed by atoms with Gasteiger partial charge in [-0.15, -0.1) is 0 Å². The van der Waals surface area contributed by atoms with Gasteiger partial charge in [0.2, 0.25) is 0 Å². The minimum Gasteiger partial charge on any atom is -0.480 e. The number of rotatable bonds is 3. The number of aliphatic carboxylic acids is 1. The van der Waals surface area contributed by atoms with Crippen LogP contribution in [0.15, 0.2) is 30.3 Å². The van der Waals surface area contributed by atoms with E-state index in [9.17, 15) is 14.7 Å². The van der Waals surface area contributed by atoms with E-state index in [0.717, 1.165) is 24.8 Å². The Labute approximate surface area is 142 Å². The SMILES string of the molecule is O=C(O)C1CC2(CCCCC2)CCN1C(=O)OCc1ccccc1. The smallest absolute Gasteiger partial charge is 0.410 e. The highest BCUT2D eigenvalue weighted by molar-refractivity contribution is 5.80. The number of carboxylic acid groups (broad SMARTS) is 1. The Morgan fingerprint density at radius 1 is 1.12 bits per heavy atom. The number of benzene rings is 1. The van der Waals surface area contributed by atoms with Crippen molar-refractivity contribution in [3.8, 4) is 0 Å². The third-order valence-corrected chi connectivity index (χ3v) is 5.52. The van der Waals surface area contributed by atoms with Crippen molar-refractivity contribution in [2.75, 3.05) is 6.54 Å². The van der Waals surface area contributed by atoms with Gasteiger partial charge in [-0.2, -0.15) is 0 Å². The molecule has 1 saturated carbocycles. The number of ether oxygens (including phenoxy) is 1. The maximum atomic E-state index is 12.4. The summed E-state index contributed by atoms with van der Waals surface area (Å²) in [6.45, 7) is 0.651. The topological polar surface area (TPSA) is 66.8 Å². The van der Waals surface area contributed by atoms with Gasteiger partial charge in [0.05, 0.1) is 0 Å². The molecule has 24 heavy (non-hydrogen) atoms. The van der Waals surface area contributed by atoms with Crippen LogP contribution in [-0.2, 0) is 16.1 Å². The molecule has 1 aromatic carbocycles. The van der Waals surface area contributed by atoms with Crippen LogP contribution in [0.2, 0.25) is 0 Å². The van der Waals surface area contributed by atoms with Crippen molar-refractivity contribution in [2.24, 2.45) is 5.41 Å². The summed E-state index contributed by atoms with van der Waals surface area (Å²) in [7, 11) is 0. The second-order valence-electron chi connectivity index (χ2n) is 7.10. The molecule has 1 aliphatic carbocycles. The Balaban J connectivity index is 1.63. The molecule has 130 valence electrons. The highest BCUT2D eigenvalue weighted by Gasteiger charge is 2.45. The summed E-state index contributed by atoms with van der Waals surface area (Å²) >= 11 is 0. The van der Waals surface area contributed by atoms with Crippen LogP contribution in [0.25, 0.3) is 0 Å². The summed E-state index contributed by atoms with van der Waals surface area (Å²) < 4.78 is 5.35. The van der Waals surface area contributed by atoms with Crippen molar-refractivity contribution in [1.29, 1.82) is 0 Å². The van der Waals surface area contributed by atoms with E-state index in [2.05, 4.69) is 0 Å². The second-order valence-corrected chi connectivity index (χ2v) is 7.10. The predicted molar refractivity (Wildman–Crippen MR) is 89.5 cm³/mol. The van der Waals surface area contributed by atoms with Crippen LogP contribution in [0.4, 0.5) is 4.79 Å². The van der Waals surface area contributed by atoms with Crippen molar-refractivity contribution >= 4 is 12.1 Å². The molecule has 1 amide bonds. The molecule has 1 unspecified atom stereocenters. The maximum Gasteiger partial charge on any atom is 0.410 e. The quantitative estimate of drug-likeness (QED) is 0.914. The Morgan fingerprint density at radius 2 is 1.83 bits per heavy atom. The fourth-order valence-corrected chi connectivity index (χ4v) is 4.13. The number of carbonyl (C=O) groups excluding carboxylic acids is 1. The minimum absolute atomic E-state index is 0.109. The Hall–Kier alpha value is -2.04. The van der Waals surface area contributed by atoms with E-state index in [1.54, 1.807) is 0 Å². The van der Waals surface area contributed by atoms with Crippen LogP contribution in [0.3, 0.4) is 0 Å². The first-order valence-electron chi connectivity index (χ1n) is 8.80. The standard InChI is InChI=1S/C19H25NO4/c21-17(22)16-13-19(9-5-2-6-10-19)11-12-20(16)18(23)24-14-15-7-3-1-4-8-15/h1,3-4,7-8,16H,2,5-6,9-14H2,(H,21,22). The third-order valence-electron chi connectivity index (χ3n) is 5.52. The summed E-state index contributed by atoms with van der Waals surface area (Å²) in [5.74, 6) is -0.920. The molecular weight excluding hydrogens is 306 g/mol. The van der Waals surface area contributed by atoms with Gasteiger partial charge in [-0.1, -0.05) is 49.6 Å². The third kappa shape index (κ3) is 3.71. The van der Waals surface area contributed by atoms with Gasteiger partial charge in [-0.3, -0.25) is 4.90 Å². The van der Waals surface area contributed by atoms with Crippen LogP contribution in [0.1, 0.15) is 50.5 Å². The number of likely N-dealkylation sites (tertiary alicyclic amines) is 1. The first-order valence-corrected chi connectivity index (χ1v) is 8.80. The monoisotopic (exact) mass is 331 g/mol. The van der Waals surface area contributed by atoms with Gasteiger partial charge in [0.15, 0.2) is 0 Å². The first-order chi connectivity index (χ1) is 11.6. The molecule has 5 nitrogen and oxygen atoms in total. The molecular formula is C19H25NO4. The molecule has 0 radical (unpaired) electrons. The summed E-state index contributed by atoms with van der Waals surface area (Å²) in [4.78, 5) is 25.5. The summed E-state index contributed by atoms with van der Waals surface area (Å²) in [5, 5.41) is 9.61. The molecule has 1 aromatic rings. The molecule has 5 heteroatoms. The average Bonchev–Trinajstić information content (AvgIpc) is 2.61. The van der Waals surface area contributed by atoms with Crippen molar-refractivity contribution in [1.82, 2.24) is 4.90 Å². The summed E-state index contributed by atoms with van der Waals surface area (Å²) in [5.41, 5.74) is 1.01. The van der Waals surface area contributed by atoms with Gasteiger partial charge in [0.1, 0.15) is 12.6 Å². The zero-order chi connectivity index (χ0) is 17.0. The number of hydrogen-bond donors (Lipinski definition) is 1. The largest absolute Gasteiger partial charge is 0.480 e. The molecule has 2 aliphatic rings. The summed E-state index contributed by atoms with van der Waals surface area (Å²) in [6, 6.07) is 8.68. The van der Waals surface area contributed by atoms with Crippen molar-refractivity contribution in [2.45, 2.75) is 57.6 Å². The van der Waals surface area contributed by atoms with Gasteiger partial charge in [0.25, 0.3) is 0 Å². The van der Waals surface area contributed by atoms with E-state index < -0.39 is 18.1 Å². The molecule has 1 spiro atoms. The number of amides is 1.